The third kappa shape index (κ3) is 12.2. The summed E-state index contributed by atoms with van der Waals surface area (Å²) in [5, 5.41) is 0. The fraction of sp³-hybridized carbons (Fsp3) is 1.00. The van der Waals surface area contributed by atoms with Gasteiger partial charge in [0, 0.05) is 42.8 Å². The first-order valence-electron chi connectivity index (χ1n) is 3.07. The topological polar surface area (TPSA) is 18.5 Å². The summed E-state index contributed by atoms with van der Waals surface area (Å²) in [5.41, 5.74) is 0. The molecule has 0 aliphatic carbocycles. The molecule has 0 amide bonds. The minimum absolute atomic E-state index is 0. The Morgan fingerprint density at radius 2 is 1.22 bits per heavy atom. The minimum atomic E-state index is 0. The van der Waals surface area contributed by atoms with Crippen LogP contribution in [0.3, 0.4) is 0 Å². The Morgan fingerprint density at radius 3 is 1.44 bits per heavy atom. The molecule has 51 valence electrons. The quantitative estimate of drug-likeness (QED) is 0.414. The fourth-order valence-corrected chi connectivity index (χ4v) is 0.407. The average Bonchev–Trinajstić information content (AvgIpc) is 1.81. The van der Waals surface area contributed by atoms with Crippen LogP contribution in [0.1, 0.15) is 13.8 Å². The molecular formula is C6H14NaO2. The summed E-state index contributed by atoms with van der Waals surface area (Å²) in [4.78, 5) is 0. The third-order valence-electron chi connectivity index (χ3n) is 0.780. The second kappa shape index (κ2) is 11.7. The van der Waals surface area contributed by atoms with Crippen molar-refractivity contribution >= 4 is 29.6 Å². The second-order valence-electron chi connectivity index (χ2n) is 1.39. The summed E-state index contributed by atoms with van der Waals surface area (Å²) in [6, 6.07) is 0. The molecule has 0 saturated heterocycles. The van der Waals surface area contributed by atoms with Crippen molar-refractivity contribution in [2.24, 2.45) is 0 Å². The average molecular weight is 141 g/mol. The van der Waals surface area contributed by atoms with Crippen LogP contribution in [0.15, 0.2) is 0 Å². The molecule has 0 aliphatic rings. The molecule has 0 unspecified atom stereocenters. The minimum Gasteiger partial charge on any atom is -0.379 e. The molecule has 0 N–H and O–H groups in total. The second-order valence-corrected chi connectivity index (χ2v) is 1.39. The molecule has 0 fully saturated rings. The smallest absolute Gasteiger partial charge is 0.0700 e. The summed E-state index contributed by atoms with van der Waals surface area (Å²) in [5.74, 6) is 0. The van der Waals surface area contributed by atoms with E-state index in [0.717, 1.165) is 26.4 Å². The molecule has 9 heavy (non-hydrogen) atoms. The number of hydrogen-bond donors (Lipinski definition) is 0. The summed E-state index contributed by atoms with van der Waals surface area (Å²) in [6.45, 7) is 6.98. The Hall–Kier alpha value is 0.920. The van der Waals surface area contributed by atoms with Gasteiger partial charge in [0.25, 0.3) is 0 Å². The van der Waals surface area contributed by atoms with Gasteiger partial charge in [-0.05, 0) is 13.8 Å². The van der Waals surface area contributed by atoms with E-state index < -0.39 is 0 Å². The van der Waals surface area contributed by atoms with Gasteiger partial charge in [-0.1, -0.05) is 0 Å². The van der Waals surface area contributed by atoms with E-state index in [0.29, 0.717) is 0 Å². The molecule has 0 aromatic carbocycles. The van der Waals surface area contributed by atoms with E-state index in [1.54, 1.807) is 0 Å². The Bertz CT molecular complexity index is 36.0. The van der Waals surface area contributed by atoms with E-state index >= 15 is 0 Å². The third-order valence-corrected chi connectivity index (χ3v) is 0.780. The first-order valence-corrected chi connectivity index (χ1v) is 3.07. The standard InChI is InChI=1S/C6H14O2.Na/c1-3-7-5-6-8-4-2;/h3-6H2,1-2H3;. The monoisotopic (exact) mass is 141 g/mol. The van der Waals surface area contributed by atoms with Crippen molar-refractivity contribution < 1.29 is 9.47 Å². The zero-order valence-corrected chi connectivity index (χ0v) is 8.64. The Kier molecular flexibility index (Phi) is 16.3. The number of hydrogen-bond acceptors (Lipinski definition) is 2. The first kappa shape index (κ1) is 12.6. The van der Waals surface area contributed by atoms with Gasteiger partial charge in [0.1, 0.15) is 0 Å². The van der Waals surface area contributed by atoms with Crippen LogP contribution in [0.2, 0.25) is 0 Å². The molecule has 0 rings (SSSR count). The van der Waals surface area contributed by atoms with E-state index in [2.05, 4.69) is 0 Å². The van der Waals surface area contributed by atoms with Crippen LogP contribution in [0.25, 0.3) is 0 Å². The van der Waals surface area contributed by atoms with Crippen molar-refractivity contribution in [3.8, 4) is 0 Å². The van der Waals surface area contributed by atoms with Gasteiger partial charge in [0.15, 0.2) is 0 Å². The first-order chi connectivity index (χ1) is 3.91. The van der Waals surface area contributed by atoms with Gasteiger partial charge in [-0.15, -0.1) is 0 Å². The molecule has 0 heterocycles. The maximum Gasteiger partial charge on any atom is 0.0700 e. The van der Waals surface area contributed by atoms with Crippen molar-refractivity contribution in [1.82, 2.24) is 0 Å². The van der Waals surface area contributed by atoms with Gasteiger partial charge >= 0.3 is 0 Å². The SMILES string of the molecule is CCOCCOCC.[Na]. The van der Waals surface area contributed by atoms with Crippen molar-refractivity contribution in [3.63, 3.8) is 0 Å². The molecule has 3 heteroatoms. The van der Waals surface area contributed by atoms with Gasteiger partial charge in [0.05, 0.1) is 13.2 Å². The Morgan fingerprint density at radius 1 is 0.889 bits per heavy atom. The summed E-state index contributed by atoms with van der Waals surface area (Å²) >= 11 is 0. The molecule has 1 radical (unpaired) electrons. The summed E-state index contributed by atoms with van der Waals surface area (Å²) in [7, 11) is 0. The van der Waals surface area contributed by atoms with Crippen LogP contribution in [0.4, 0.5) is 0 Å². The predicted molar refractivity (Wildman–Crippen MR) is 38.7 cm³/mol. The normalized spacial score (nSPS) is 8.67. The number of ether oxygens (including phenoxy) is 2. The van der Waals surface area contributed by atoms with Crippen molar-refractivity contribution in [2.45, 2.75) is 13.8 Å². The van der Waals surface area contributed by atoms with Gasteiger partial charge in [-0.3, -0.25) is 0 Å². The molecule has 2 nitrogen and oxygen atoms in total. The van der Waals surface area contributed by atoms with Crippen LogP contribution < -0.4 is 0 Å². The summed E-state index contributed by atoms with van der Waals surface area (Å²) in [6.07, 6.45) is 0. The van der Waals surface area contributed by atoms with E-state index in [1.807, 2.05) is 13.8 Å². The molecule has 0 aromatic heterocycles. The van der Waals surface area contributed by atoms with Gasteiger partial charge < -0.3 is 9.47 Å². The largest absolute Gasteiger partial charge is 0.379 e. The molecule has 0 aromatic rings. The Balaban J connectivity index is 0. The molecule has 0 saturated carbocycles. The van der Waals surface area contributed by atoms with Crippen molar-refractivity contribution in [2.75, 3.05) is 26.4 Å². The predicted octanol–water partition coefficient (Wildman–Crippen LogP) is 0.679. The zero-order valence-electron chi connectivity index (χ0n) is 6.64. The van der Waals surface area contributed by atoms with Crippen LogP contribution >= 0.6 is 0 Å². The maximum atomic E-state index is 5.01. The summed E-state index contributed by atoms with van der Waals surface area (Å²) < 4.78 is 10.0. The molecule has 0 spiro atoms. The van der Waals surface area contributed by atoms with Crippen molar-refractivity contribution in [1.29, 1.82) is 0 Å². The number of rotatable bonds is 5. The van der Waals surface area contributed by atoms with Gasteiger partial charge in [-0.25, -0.2) is 0 Å². The molecule has 0 aliphatic heterocycles. The fourth-order valence-electron chi connectivity index (χ4n) is 0.407. The van der Waals surface area contributed by atoms with E-state index in [1.165, 1.54) is 0 Å². The molecule has 0 bridgehead atoms. The van der Waals surface area contributed by atoms with E-state index in [-0.39, 0.29) is 29.6 Å². The van der Waals surface area contributed by atoms with E-state index in [9.17, 15) is 0 Å². The van der Waals surface area contributed by atoms with Crippen LogP contribution in [0.5, 0.6) is 0 Å². The Labute approximate surface area is 79.2 Å². The molecule has 0 atom stereocenters. The van der Waals surface area contributed by atoms with Gasteiger partial charge in [-0.2, -0.15) is 0 Å². The van der Waals surface area contributed by atoms with Crippen LogP contribution in [0, 0.1) is 0 Å². The van der Waals surface area contributed by atoms with E-state index in [4.69, 9.17) is 9.47 Å². The maximum absolute atomic E-state index is 5.01. The zero-order chi connectivity index (χ0) is 6.24. The van der Waals surface area contributed by atoms with Gasteiger partial charge in [0.2, 0.25) is 0 Å². The van der Waals surface area contributed by atoms with Crippen molar-refractivity contribution in [3.05, 3.63) is 0 Å². The molecular weight excluding hydrogens is 127 g/mol. The van der Waals surface area contributed by atoms with Crippen LogP contribution in [-0.2, 0) is 9.47 Å². The van der Waals surface area contributed by atoms with Crippen LogP contribution in [-0.4, -0.2) is 56.0 Å².